The van der Waals surface area contributed by atoms with Crippen molar-refractivity contribution in [2.24, 2.45) is 5.92 Å². The fourth-order valence-corrected chi connectivity index (χ4v) is 3.68. The Labute approximate surface area is 152 Å². The van der Waals surface area contributed by atoms with Gasteiger partial charge in [-0.15, -0.1) is 0 Å². The molecule has 0 spiro atoms. The summed E-state index contributed by atoms with van der Waals surface area (Å²) in [5.41, 5.74) is 1.28. The summed E-state index contributed by atoms with van der Waals surface area (Å²) in [7, 11) is 0. The number of hydrogen-bond acceptors (Lipinski definition) is 3. The van der Waals surface area contributed by atoms with E-state index in [1.165, 1.54) is 24.8 Å². The lowest BCUT2D eigenvalue weighted by molar-refractivity contribution is -0.151. The molecule has 0 aliphatic heterocycles. The minimum atomic E-state index is -0.0188. The van der Waals surface area contributed by atoms with Crippen molar-refractivity contribution in [1.82, 2.24) is 0 Å². The Morgan fingerprint density at radius 1 is 1.04 bits per heavy atom. The first-order valence-corrected chi connectivity index (χ1v) is 10.2. The molecule has 2 atom stereocenters. The molecule has 0 aromatic heterocycles. The summed E-state index contributed by atoms with van der Waals surface area (Å²) in [6, 6.07) is 8.48. The zero-order valence-electron chi connectivity index (χ0n) is 15.5. The average Bonchev–Trinajstić information content (AvgIpc) is 3.46. The maximum absolute atomic E-state index is 12.1. The first kappa shape index (κ1) is 18.3. The summed E-state index contributed by atoms with van der Waals surface area (Å²) in [6.07, 6.45) is 10.9. The molecule has 0 saturated heterocycles. The van der Waals surface area contributed by atoms with Gasteiger partial charge in [-0.1, -0.05) is 38.3 Å². The third kappa shape index (κ3) is 5.76. The number of ether oxygens (including phenoxy) is 2. The van der Waals surface area contributed by atoms with Crippen LogP contribution >= 0.6 is 0 Å². The topological polar surface area (TPSA) is 35.5 Å². The lowest BCUT2D eigenvalue weighted by Gasteiger charge is -2.31. The number of rotatable bonds is 9. The second kappa shape index (κ2) is 9.26. The second-order valence-electron chi connectivity index (χ2n) is 7.70. The van der Waals surface area contributed by atoms with E-state index in [9.17, 15) is 4.79 Å². The van der Waals surface area contributed by atoms with E-state index in [2.05, 4.69) is 31.2 Å². The Bertz CT molecular complexity index is 533. The van der Waals surface area contributed by atoms with E-state index in [0.717, 1.165) is 56.8 Å². The summed E-state index contributed by atoms with van der Waals surface area (Å²) in [6.45, 7) is 3.00. The van der Waals surface area contributed by atoms with Gasteiger partial charge in [0.1, 0.15) is 11.9 Å². The van der Waals surface area contributed by atoms with Crippen LogP contribution in [0.15, 0.2) is 24.3 Å². The fourth-order valence-electron chi connectivity index (χ4n) is 3.68. The molecule has 25 heavy (non-hydrogen) atoms. The molecule has 2 fully saturated rings. The highest BCUT2D eigenvalue weighted by Crippen LogP contribution is 2.36. The van der Waals surface area contributed by atoms with Crippen molar-refractivity contribution < 1.29 is 14.3 Å². The molecule has 1 aromatic rings. The molecule has 0 heterocycles. The fraction of sp³-hybridized carbons (Fsp3) is 0.682. The molecule has 138 valence electrons. The summed E-state index contributed by atoms with van der Waals surface area (Å²) in [4.78, 5) is 12.1. The Hall–Kier alpha value is -1.51. The number of carbonyl (C=O) groups is 1. The zero-order chi connectivity index (χ0) is 17.5. The standard InChI is InChI=1S/C22H32O3/c1-2-3-4-9-22(23)25-21-8-6-5-7-20(21)18-12-14-19(15-13-18)24-16-17-10-11-17/h12-15,17,20-21H,2-11,16H2,1H3/t20-,21+/m0/s1. The number of benzene rings is 1. The van der Waals surface area contributed by atoms with Gasteiger partial charge in [0, 0.05) is 12.3 Å². The lowest BCUT2D eigenvalue weighted by Crippen LogP contribution is -2.28. The number of esters is 1. The van der Waals surface area contributed by atoms with Gasteiger partial charge in [0.15, 0.2) is 0 Å². The summed E-state index contributed by atoms with van der Waals surface area (Å²) in [5.74, 6) is 2.05. The minimum absolute atomic E-state index is 0.0188. The van der Waals surface area contributed by atoms with Crippen molar-refractivity contribution in [3.8, 4) is 5.75 Å². The molecule has 2 aliphatic rings. The number of unbranched alkanes of at least 4 members (excludes halogenated alkanes) is 2. The Balaban J connectivity index is 1.54. The quantitative estimate of drug-likeness (QED) is 0.430. The van der Waals surface area contributed by atoms with Crippen LogP contribution in [-0.2, 0) is 9.53 Å². The van der Waals surface area contributed by atoms with Crippen LogP contribution in [0.25, 0.3) is 0 Å². The van der Waals surface area contributed by atoms with Crippen molar-refractivity contribution in [2.45, 2.75) is 83.2 Å². The van der Waals surface area contributed by atoms with E-state index < -0.39 is 0 Å². The Morgan fingerprint density at radius 3 is 2.52 bits per heavy atom. The number of carbonyl (C=O) groups excluding carboxylic acids is 1. The van der Waals surface area contributed by atoms with E-state index in [1.807, 2.05) is 0 Å². The van der Waals surface area contributed by atoms with Crippen LogP contribution in [0.4, 0.5) is 0 Å². The Morgan fingerprint density at radius 2 is 1.80 bits per heavy atom. The molecule has 1 aromatic carbocycles. The average molecular weight is 344 g/mol. The van der Waals surface area contributed by atoms with Crippen LogP contribution in [0.1, 0.15) is 82.6 Å². The SMILES string of the molecule is CCCCCC(=O)O[C@@H]1CCCC[C@H]1c1ccc(OCC2CC2)cc1. The van der Waals surface area contributed by atoms with Gasteiger partial charge in [-0.2, -0.15) is 0 Å². The normalized spacial score (nSPS) is 23.2. The first-order valence-electron chi connectivity index (χ1n) is 10.2. The van der Waals surface area contributed by atoms with Crippen molar-refractivity contribution in [2.75, 3.05) is 6.61 Å². The third-order valence-corrected chi connectivity index (χ3v) is 5.46. The van der Waals surface area contributed by atoms with Crippen LogP contribution in [0.2, 0.25) is 0 Å². The van der Waals surface area contributed by atoms with Gasteiger partial charge in [-0.05, 0) is 62.1 Å². The summed E-state index contributed by atoms with van der Waals surface area (Å²) < 4.78 is 11.7. The molecule has 3 nitrogen and oxygen atoms in total. The molecule has 0 N–H and O–H groups in total. The minimum Gasteiger partial charge on any atom is -0.493 e. The van der Waals surface area contributed by atoms with Gasteiger partial charge in [-0.3, -0.25) is 4.79 Å². The first-order chi connectivity index (χ1) is 12.3. The molecular weight excluding hydrogens is 312 g/mol. The molecule has 3 rings (SSSR count). The highest BCUT2D eigenvalue weighted by Gasteiger charge is 2.29. The van der Waals surface area contributed by atoms with Gasteiger partial charge < -0.3 is 9.47 Å². The van der Waals surface area contributed by atoms with Gasteiger partial charge in [0.25, 0.3) is 0 Å². The maximum atomic E-state index is 12.1. The lowest BCUT2D eigenvalue weighted by atomic mass is 9.81. The van der Waals surface area contributed by atoms with E-state index in [4.69, 9.17) is 9.47 Å². The van der Waals surface area contributed by atoms with Crippen LogP contribution in [0, 0.1) is 5.92 Å². The van der Waals surface area contributed by atoms with Gasteiger partial charge in [0.05, 0.1) is 6.61 Å². The van der Waals surface area contributed by atoms with Crippen molar-refractivity contribution in [3.05, 3.63) is 29.8 Å². The zero-order valence-corrected chi connectivity index (χ0v) is 15.5. The van der Waals surface area contributed by atoms with E-state index in [0.29, 0.717) is 12.3 Å². The number of hydrogen-bond donors (Lipinski definition) is 0. The largest absolute Gasteiger partial charge is 0.493 e. The molecule has 0 amide bonds. The monoisotopic (exact) mass is 344 g/mol. The van der Waals surface area contributed by atoms with Gasteiger partial charge in [-0.25, -0.2) is 0 Å². The molecule has 2 aliphatic carbocycles. The maximum Gasteiger partial charge on any atom is 0.306 e. The second-order valence-corrected chi connectivity index (χ2v) is 7.70. The van der Waals surface area contributed by atoms with Crippen LogP contribution in [0.5, 0.6) is 5.75 Å². The molecule has 0 radical (unpaired) electrons. The Kier molecular flexibility index (Phi) is 6.77. The van der Waals surface area contributed by atoms with Crippen LogP contribution in [-0.4, -0.2) is 18.7 Å². The molecule has 3 heteroatoms. The van der Waals surface area contributed by atoms with E-state index in [1.54, 1.807) is 0 Å². The highest BCUT2D eigenvalue weighted by molar-refractivity contribution is 5.69. The molecule has 0 unspecified atom stereocenters. The summed E-state index contributed by atoms with van der Waals surface area (Å²) >= 11 is 0. The predicted octanol–water partition coefficient (Wildman–Crippen LogP) is 5.63. The van der Waals surface area contributed by atoms with Crippen molar-refractivity contribution >= 4 is 5.97 Å². The van der Waals surface area contributed by atoms with Crippen molar-refractivity contribution in [3.63, 3.8) is 0 Å². The predicted molar refractivity (Wildman–Crippen MR) is 99.9 cm³/mol. The van der Waals surface area contributed by atoms with Crippen LogP contribution < -0.4 is 4.74 Å². The molecule has 2 saturated carbocycles. The van der Waals surface area contributed by atoms with Gasteiger partial charge >= 0.3 is 5.97 Å². The smallest absolute Gasteiger partial charge is 0.306 e. The molecule has 0 bridgehead atoms. The van der Waals surface area contributed by atoms with E-state index >= 15 is 0 Å². The van der Waals surface area contributed by atoms with Crippen LogP contribution in [0.3, 0.4) is 0 Å². The van der Waals surface area contributed by atoms with Crippen molar-refractivity contribution in [1.29, 1.82) is 0 Å². The highest BCUT2D eigenvalue weighted by atomic mass is 16.5. The third-order valence-electron chi connectivity index (χ3n) is 5.46. The van der Waals surface area contributed by atoms with E-state index in [-0.39, 0.29) is 12.1 Å². The summed E-state index contributed by atoms with van der Waals surface area (Å²) in [5, 5.41) is 0. The molecular formula is C22H32O3. The van der Waals surface area contributed by atoms with Gasteiger partial charge in [0.2, 0.25) is 0 Å².